The first-order valence-corrected chi connectivity index (χ1v) is 7.55. The molecule has 0 N–H and O–H groups in total. The normalized spacial score (nSPS) is 10.3. The highest BCUT2D eigenvalue weighted by atomic mass is 32.2. The van der Waals surface area contributed by atoms with E-state index in [1.807, 2.05) is 16.8 Å². The van der Waals surface area contributed by atoms with E-state index in [0.29, 0.717) is 17.0 Å². The van der Waals surface area contributed by atoms with E-state index in [0.717, 1.165) is 28.9 Å². The van der Waals surface area contributed by atoms with Crippen LogP contribution in [0, 0.1) is 0 Å². The maximum atomic E-state index is 11.4. The Labute approximate surface area is 117 Å². The van der Waals surface area contributed by atoms with Crippen LogP contribution in [0.25, 0.3) is 0 Å². The van der Waals surface area contributed by atoms with Gasteiger partial charge in [-0.15, -0.1) is 0 Å². The van der Waals surface area contributed by atoms with Gasteiger partial charge in [0.2, 0.25) is 5.16 Å². The molecule has 0 atom stereocenters. The van der Waals surface area contributed by atoms with Crippen LogP contribution in [0.3, 0.4) is 0 Å². The van der Waals surface area contributed by atoms with Gasteiger partial charge in [0, 0.05) is 43.0 Å². The fourth-order valence-electron chi connectivity index (χ4n) is 0.986. The van der Waals surface area contributed by atoms with Crippen LogP contribution in [0.5, 0.6) is 5.19 Å². The van der Waals surface area contributed by atoms with Crippen LogP contribution >= 0.6 is 34.6 Å². The van der Waals surface area contributed by atoms with E-state index in [1.165, 1.54) is 4.90 Å². The van der Waals surface area contributed by atoms with Gasteiger partial charge in [0.25, 0.3) is 10.4 Å². The Hall–Kier alpha value is -1.12. The average molecular weight is 301 g/mol. The zero-order valence-corrected chi connectivity index (χ0v) is 12.3. The number of ether oxygens (including phenoxy) is 1. The summed E-state index contributed by atoms with van der Waals surface area (Å²) >= 11 is 3.77. The van der Waals surface area contributed by atoms with Gasteiger partial charge in [0.1, 0.15) is 6.61 Å². The number of aromatic nitrogens is 2. The number of hydrogen-bond donors (Lipinski definition) is 0. The van der Waals surface area contributed by atoms with Gasteiger partial charge in [-0.1, -0.05) is 0 Å². The van der Waals surface area contributed by atoms with E-state index in [1.54, 1.807) is 25.4 Å². The van der Waals surface area contributed by atoms with Gasteiger partial charge >= 0.3 is 0 Å². The Bertz CT molecular complexity index is 510. The van der Waals surface area contributed by atoms with Crippen LogP contribution in [0.15, 0.2) is 22.0 Å². The first kappa shape index (κ1) is 13.3. The van der Waals surface area contributed by atoms with Crippen molar-refractivity contribution in [2.45, 2.75) is 11.8 Å². The predicted octanol–water partition coefficient (Wildman–Crippen LogP) is 2.95. The van der Waals surface area contributed by atoms with Crippen LogP contribution < -0.4 is 4.74 Å². The van der Waals surface area contributed by atoms with E-state index in [2.05, 4.69) is 9.36 Å². The molecule has 2 heterocycles. The molecule has 0 radical (unpaired) electrons. The first-order chi connectivity index (χ1) is 8.65. The molecular weight excluding hydrogens is 290 g/mol. The third-order valence-electron chi connectivity index (χ3n) is 1.87. The highest BCUT2D eigenvalue weighted by Gasteiger charge is 2.12. The van der Waals surface area contributed by atoms with Crippen LogP contribution in [0.4, 0.5) is 4.79 Å². The zero-order valence-electron chi connectivity index (χ0n) is 9.82. The Balaban J connectivity index is 1.88. The van der Waals surface area contributed by atoms with E-state index in [4.69, 9.17) is 4.74 Å². The van der Waals surface area contributed by atoms with Crippen molar-refractivity contribution in [2.24, 2.45) is 0 Å². The van der Waals surface area contributed by atoms with Crippen molar-refractivity contribution >= 4 is 39.9 Å². The number of carbonyl (C=O) groups is 1. The van der Waals surface area contributed by atoms with Crippen molar-refractivity contribution in [3.8, 4) is 5.19 Å². The summed E-state index contributed by atoms with van der Waals surface area (Å²) in [5.74, 6) is 0. The molecule has 0 bridgehead atoms. The molecule has 8 heteroatoms. The van der Waals surface area contributed by atoms with E-state index >= 15 is 0 Å². The van der Waals surface area contributed by atoms with Gasteiger partial charge < -0.3 is 9.64 Å². The zero-order chi connectivity index (χ0) is 13.0. The van der Waals surface area contributed by atoms with Crippen molar-refractivity contribution in [1.82, 2.24) is 14.3 Å². The Morgan fingerprint density at radius 3 is 3.06 bits per heavy atom. The number of hydrogen-bond acceptors (Lipinski definition) is 7. The molecular formula is C10H11N3O2S3. The maximum absolute atomic E-state index is 11.4. The standard InChI is InChI=1S/C10H11N3O2S3/c1-13(2)10(14)17-8-11-9(18-12-8)15-5-7-3-4-16-6-7/h3-4,6H,5H2,1-2H3. The monoisotopic (exact) mass is 301 g/mol. The molecule has 0 aliphatic rings. The third kappa shape index (κ3) is 3.69. The second kappa shape index (κ2) is 6.17. The summed E-state index contributed by atoms with van der Waals surface area (Å²) in [6.45, 7) is 0.477. The fraction of sp³-hybridized carbons (Fsp3) is 0.300. The summed E-state index contributed by atoms with van der Waals surface area (Å²) in [6, 6.07) is 2.00. The maximum Gasteiger partial charge on any atom is 0.294 e. The molecule has 0 aliphatic heterocycles. The molecule has 0 saturated carbocycles. The third-order valence-corrected chi connectivity index (χ3v) is 4.26. The lowest BCUT2D eigenvalue weighted by atomic mass is 10.4. The summed E-state index contributed by atoms with van der Waals surface area (Å²) in [5.41, 5.74) is 1.11. The van der Waals surface area contributed by atoms with Crippen LogP contribution in [0.2, 0.25) is 0 Å². The SMILES string of the molecule is CN(C)C(=O)Sc1nsc(OCc2ccsc2)n1. The van der Waals surface area contributed by atoms with Crippen LogP contribution in [0.1, 0.15) is 5.56 Å². The molecule has 2 rings (SSSR count). The smallest absolute Gasteiger partial charge is 0.294 e. The van der Waals surface area contributed by atoms with Crippen molar-refractivity contribution < 1.29 is 9.53 Å². The van der Waals surface area contributed by atoms with Gasteiger partial charge in [-0.05, 0) is 16.8 Å². The number of rotatable bonds is 4. The van der Waals surface area contributed by atoms with Gasteiger partial charge in [0.15, 0.2) is 0 Å². The Morgan fingerprint density at radius 2 is 2.39 bits per heavy atom. The second-order valence-electron chi connectivity index (χ2n) is 3.53. The second-order valence-corrected chi connectivity index (χ2v) is 5.94. The summed E-state index contributed by atoms with van der Waals surface area (Å²) in [4.78, 5) is 17.1. The average Bonchev–Trinajstić information content (AvgIpc) is 2.96. The lowest BCUT2D eigenvalue weighted by Gasteiger charge is -2.06. The van der Waals surface area contributed by atoms with Crippen LogP contribution in [-0.4, -0.2) is 33.6 Å². The summed E-state index contributed by atoms with van der Waals surface area (Å²) in [5, 5.41) is 4.83. The number of carbonyl (C=O) groups excluding carboxylic acids is 1. The number of thiophene rings is 1. The van der Waals surface area contributed by atoms with E-state index in [9.17, 15) is 4.79 Å². The lowest BCUT2D eigenvalue weighted by Crippen LogP contribution is -2.16. The molecule has 0 saturated heterocycles. The molecule has 0 fully saturated rings. The molecule has 1 amide bonds. The van der Waals surface area contributed by atoms with Gasteiger partial charge in [-0.2, -0.15) is 20.7 Å². The molecule has 0 unspecified atom stereocenters. The molecule has 0 aromatic carbocycles. The highest BCUT2D eigenvalue weighted by molar-refractivity contribution is 8.13. The highest BCUT2D eigenvalue weighted by Crippen LogP contribution is 2.24. The minimum absolute atomic E-state index is 0.0998. The molecule has 0 spiro atoms. The number of nitrogens with zero attached hydrogens (tertiary/aromatic N) is 3. The minimum atomic E-state index is -0.0998. The number of amides is 1. The number of thioether (sulfide) groups is 1. The fourth-order valence-corrected chi connectivity index (χ4v) is 2.86. The minimum Gasteiger partial charge on any atom is -0.464 e. The van der Waals surface area contributed by atoms with Gasteiger partial charge in [-0.3, -0.25) is 4.79 Å². The topological polar surface area (TPSA) is 55.3 Å². The van der Waals surface area contributed by atoms with Gasteiger partial charge in [-0.25, -0.2) is 0 Å². The molecule has 96 valence electrons. The summed E-state index contributed by atoms with van der Waals surface area (Å²) in [6.07, 6.45) is 0. The van der Waals surface area contributed by atoms with Crippen molar-refractivity contribution in [3.63, 3.8) is 0 Å². The lowest BCUT2D eigenvalue weighted by molar-refractivity contribution is 0.241. The Morgan fingerprint density at radius 1 is 1.56 bits per heavy atom. The quantitative estimate of drug-likeness (QED) is 0.813. The van der Waals surface area contributed by atoms with Crippen molar-refractivity contribution in [2.75, 3.05) is 14.1 Å². The summed E-state index contributed by atoms with van der Waals surface area (Å²) in [7, 11) is 3.38. The first-order valence-electron chi connectivity index (χ1n) is 5.02. The van der Waals surface area contributed by atoms with Crippen LogP contribution in [-0.2, 0) is 6.61 Å². The molecule has 0 aliphatic carbocycles. The Kier molecular flexibility index (Phi) is 4.56. The van der Waals surface area contributed by atoms with E-state index in [-0.39, 0.29) is 5.24 Å². The van der Waals surface area contributed by atoms with Crippen molar-refractivity contribution in [3.05, 3.63) is 22.4 Å². The molecule has 18 heavy (non-hydrogen) atoms. The van der Waals surface area contributed by atoms with Crippen molar-refractivity contribution in [1.29, 1.82) is 0 Å². The van der Waals surface area contributed by atoms with E-state index < -0.39 is 0 Å². The molecule has 5 nitrogen and oxygen atoms in total. The molecule has 2 aromatic rings. The van der Waals surface area contributed by atoms with Gasteiger partial charge in [0.05, 0.1) is 0 Å². The predicted molar refractivity (Wildman–Crippen MR) is 73.5 cm³/mol. The summed E-state index contributed by atoms with van der Waals surface area (Å²) < 4.78 is 9.55. The largest absolute Gasteiger partial charge is 0.464 e. The molecule has 2 aromatic heterocycles.